The minimum Gasteiger partial charge on any atom is -0.493 e. The van der Waals surface area contributed by atoms with Crippen LogP contribution in [0.4, 0.5) is 18.9 Å². The molecular weight excluding hydrogens is 391 g/mol. The summed E-state index contributed by atoms with van der Waals surface area (Å²) in [4.78, 5) is 12.0. The smallest absolute Gasteiger partial charge is 0.416 e. The zero-order chi connectivity index (χ0) is 22.6. The molecule has 0 aromatic heterocycles. The van der Waals surface area contributed by atoms with Crippen LogP contribution in [0.3, 0.4) is 0 Å². The summed E-state index contributed by atoms with van der Waals surface area (Å²) in [7, 11) is 0. The Morgan fingerprint density at radius 2 is 1.57 bits per heavy atom. The van der Waals surface area contributed by atoms with E-state index in [1.165, 1.54) is 17.7 Å². The molecule has 0 unspecified atom stereocenters. The number of ether oxygens (including phenoxy) is 1. The Morgan fingerprint density at radius 3 is 2.13 bits per heavy atom. The minimum atomic E-state index is -4.45. The van der Waals surface area contributed by atoms with Crippen LogP contribution in [0.25, 0.3) is 0 Å². The van der Waals surface area contributed by atoms with Crippen molar-refractivity contribution in [1.29, 1.82) is 0 Å². The molecule has 0 atom stereocenters. The maximum absolute atomic E-state index is 12.7. The van der Waals surface area contributed by atoms with Crippen LogP contribution in [0.5, 0.6) is 5.75 Å². The van der Waals surface area contributed by atoms with Crippen LogP contribution >= 0.6 is 0 Å². The predicted molar refractivity (Wildman–Crippen MR) is 114 cm³/mol. The van der Waals surface area contributed by atoms with E-state index < -0.39 is 17.6 Å². The molecule has 2 aromatic rings. The van der Waals surface area contributed by atoms with E-state index in [1.54, 1.807) is 0 Å². The van der Waals surface area contributed by atoms with Gasteiger partial charge in [-0.05, 0) is 53.1 Å². The average Bonchev–Trinajstić information content (AvgIpc) is 2.59. The normalized spacial score (nSPS) is 12.5. The average molecular weight is 422 g/mol. The number of amides is 1. The molecule has 6 heteroatoms. The molecule has 2 aromatic carbocycles. The van der Waals surface area contributed by atoms with Crippen LogP contribution in [0.1, 0.15) is 58.6 Å². The van der Waals surface area contributed by atoms with E-state index >= 15 is 0 Å². The first kappa shape index (κ1) is 23.8. The van der Waals surface area contributed by atoms with Gasteiger partial charge < -0.3 is 10.1 Å². The number of rotatable bonds is 7. The molecule has 1 N–H and O–H groups in total. The highest BCUT2D eigenvalue weighted by atomic mass is 19.4. The summed E-state index contributed by atoms with van der Waals surface area (Å²) in [5, 5.41) is 2.47. The van der Waals surface area contributed by atoms with Crippen molar-refractivity contribution >= 4 is 11.6 Å². The SMILES string of the molecule is CC(C)(C)CC(C)(C)c1ccc(OCCC(=O)Nc2cccc(C(F)(F)F)c2)cc1. The summed E-state index contributed by atoms with van der Waals surface area (Å²) in [6, 6.07) is 12.4. The zero-order valence-electron chi connectivity index (χ0n) is 18.2. The lowest BCUT2D eigenvalue weighted by molar-refractivity contribution is -0.137. The van der Waals surface area contributed by atoms with Crippen LogP contribution in [0.2, 0.25) is 0 Å². The molecule has 0 spiro atoms. The van der Waals surface area contributed by atoms with Crippen molar-refractivity contribution in [3.05, 3.63) is 59.7 Å². The Bertz CT molecular complexity index is 850. The number of alkyl halides is 3. The van der Waals surface area contributed by atoms with Gasteiger partial charge in [-0.15, -0.1) is 0 Å². The summed E-state index contributed by atoms with van der Waals surface area (Å²) < 4.78 is 43.9. The van der Waals surface area contributed by atoms with Crippen LogP contribution in [-0.2, 0) is 16.4 Å². The summed E-state index contributed by atoms with van der Waals surface area (Å²) >= 11 is 0. The van der Waals surface area contributed by atoms with Gasteiger partial charge in [-0.3, -0.25) is 4.79 Å². The molecule has 0 fully saturated rings. The highest BCUT2D eigenvalue weighted by molar-refractivity contribution is 5.90. The Kier molecular flexibility index (Phi) is 7.22. The molecule has 1 amide bonds. The third kappa shape index (κ3) is 7.39. The molecular formula is C24H30F3NO2. The van der Waals surface area contributed by atoms with Gasteiger partial charge in [-0.25, -0.2) is 0 Å². The van der Waals surface area contributed by atoms with Crippen LogP contribution in [-0.4, -0.2) is 12.5 Å². The fourth-order valence-electron chi connectivity index (χ4n) is 3.69. The molecule has 0 saturated carbocycles. The van der Waals surface area contributed by atoms with Gasteiger partial charge in [0.05, 0.1) is 18.6 Å². The minimum absolute atomic E-state index is 0.0294. The molecule has 0 aliphatic carbocycles. The molecule has 3 nitrogen and oxygen atoms in total. The van der Waals surface area contributed by atoms with E-state index in [-0.39, 0.29) is 29.5 Å². The summed E-state index contributed by atoms with van der Waals surface area (Å²) in [6.45, 7) is 11.2. The van der Waals surface area contributed by atoms with Crippen molar-refractivity contribution in [1.82, 2.24) is 0 Å². The van der Waals surface area contributed by atoms with Gasteiger partial charge in [-0.2, -0.15) is 13.2 Å². The van der Waals surface area contributed by atoms with Crippen molar-refractivity contribution in [3.63, 3.8) is 0 Å². The molecule has 164 valence electrons. The first-order valence-electron chi connectivity index (χ1n) is 9.97. The van der Waals surface area contributed by atoms with Gasteiger partial charge in [0, 0.05) is 5.69 Å². The van der Waals surface area contributed by atoms with E-state index in [0.717, 1.165) is 18.6 Å². The lowest BCUT2D eigenvalue weighted by Crippen LogP contribution is -2.24. The van der Waals surface area contributed by atoms with Gasteiger partial charge in [0.1, 0.15) is 5.75 Å². The van der Waals surface area contributed by atoms with Gasteiger partial charge in [0.25, 0.3) is 0 Å². The molecule has 2 rings (SSSR count). The Labute approximate surface area is 176 Å². The maximum atomic E-state index is 12.7. The van der Waals surface area contributed by atoms with Gasteiger partial charge in [-0.1, -0.05) is 52.8 Å². The molecule has 0 radical (unpaired) electrons. The van der Waals surface area contributed by atoms with Crippen molar-refractivity contribution in [2.75, 3.05) is 11.9 Å². The van der Waals surface area contributed by atoms with Crippen LogP contribution < -0.4 is 10.1 Å². The second kappa shape index (κ2) is 9.11. The zero-order valence-corrected chi connectivity index (χ0v) is 18.2. The molecule has 30 heavy (non-hydrogen) atoms. The summed E-state index contributed by atoms with van der Waals surface area (Å²) in [6.07, 6.45) is -3.37. The third-order valence-corrected chi connectivity index (χ3v) is 4.68. The first-order chi connectivity index (χ1) is 13.8. The second-order valence-electron chi connectivity index (χ2n) is 9.37. The highest BCUT2D eigenvalue weighted by Crippen LogP contribution is 2.36. The summed E-state index contributed by atoms with van der Waals surface area (Å²) in [5.74, 6) is 0.245. The number of anilines is 1. The second-order valence-corrected chi connectivity index (χ2v) is 9.37. The quantitative estimate of drug-likeness (QED) is 0.532. The molecule has 0 aliphatic heterocycles. The van der Waals surface area contributed by atoms with Crippen LogP contribution in [0, 0.1) is 5.41 Å². The predicted octanol–water partition coefficient (Wildman–Crippen LogP) is 6.83. The Morgan fingerprint density at radius 1 is 0.933 bits per heavy atom. The molecule has 0 saturated heterocycles. The number of halogens is 3. The van der Waals surface area contributed by atoms with Crippen molar-refractivity contribution in [2.45, 2.75) is 59.1 Å². The number of hydrogen-bond donors (Lipinski definition) is 1. The van der Waals surface area contributed by atoms with Crippen molar-refractivity contribution in [3.8, 4) is 5.75 Å². The number of carbonyl (C=O) groups is 1. The molecule has 0 heterocycles. The van der Waals surface area contributed by atoms with Crippen molar-refractivity contribution < 1.29 is 22.7 Å². The van der Waals surface area contributed by atoms with E-state index in [1.807, 2.05) is 24.3 Å². The number of benzene rings is 2. The third-order valence-electron chi connectivity index (χ3n) is 4.68. The molecule has 0 bridgehead atoms. The maximum Gasteiger partial charge on any atom is 0.416 e. The fraction of sp³-hybridized carbons (Fsp3) is 0.458. The van der Waals surface area contributed by atoms with E-state index in [4.69, 9.17) is 4.74 Å². The first-order valence-corrected chi connectivity index (χ1v) is 9.97. The Balaban J connectivity index is 1.86. The van der Waals surface area contributed by atoms with E-state index in [9.17, 15) is 18.0 Å². The van der Waals surface area contributed by atoms with Gasteiger partial charge in [0.2, 0.25) is 5.91 Å². The fourth-order valence-corrected chi connectivity index (χ4v) is 3.69. The monoisotopic (exact) mass is 421 g/mol. The van der Waals surface area contributed by atoms with Gasteiger partial charge in [0.15, 0.2) is 0 Å². The number of hydrogen-bond acceptors (Lipinski definition) is 2. The summed E-state index contributed by atoms with van der Waals surface area (Å²) in [5.41, 5.74) is 0.770. The van der Waals surface area contributed by atoms with Crippen molar-refractivity contribution in [2.24, 2.45) is 5.41 Å². The topological polar surface area (TPSA) is 38.3 Å². The number of carbonyl (C=O) groups excluding carboxylic acids is 1. The molecule has 0 aliphatic rings. The Hall–Kier alpha value is -2.50. The standard InChI is InChI=1S/C24H30F3NO2/c1-22(2,3)16-23(4,5)17-9-11-20(12-10-17)30-14-13-21(29)28-19-8-6-7-18(15-19)24(25,26)27/h6-12,15H,13-14,16H2,1-5H3,(H,28,29). The van der Waals surface area contributed by atoms with Gasteiger partial charge >= 0.3 is 6.18 Å². The lowest BCUT2D eigenvalue weighted by Gasteiger charge is -2.33. The lowest BCUT2D eigenvalue weighted by atomic mass is 9.72. The number of nitrogens with one attached hydrogen (secondary N) is 1. The van der Waals surface area contributed by atoms with Crippen LogP contribution in [0.15, 0.2) is 48.5 Å². The highest BCUT2D eigenvalue weighted by Gasteiger charge is 2.30. The van der Waals surface area contributed by atoms with E-state index in [0.29, 0.717) is 5.75 Å². The largest absolute Gasteiger partial charge is 0.493 e. The van der Waals surface area contributed by atoms with E-state index in [2.05, 4.69) is 39.9 Å².